The molecule has 0 aliphatic rings. The van der Waals surface area contributed by atoms with Crippen molar-refractivity contribution in [3.8, 4) is 11.6 Å². The number of hydrogen-bond donors (Lipinski definition) is 0. The number of amides is 1. The Balaban J connectivity index is 1.47. The molecule has 0 atom stereocenters. The molecule has 0 N–H and O–H groups in total. The first-order valence-corrected chi connectivity index (χ1v) is 11.9. The van der Waals surface area contributed by atoms with E-state index in [0.717, 1.165) is 23.0 Å². The summed E-state index contributed by atoms with van der Waals surface area (Å²) in [5, 5.41) is 10.3. The van der Waals surface area contributed by atoms with Crippen LogP contribution in [0.25, 0.3) is 28.1 Å². The van der Waals surface area contributed by atoms with Crippen LogP contribution in [0.4, 0.5) is 5.69 Å². The first-order chi connectivity index (χ1) is 16.2. The molecule has 3 heterocycles. The highest BCUT2D eigenvalue weighted by atomic mass is 32.2. The lowest BCUT2D eigenvalue weighted by molar-refractivity contribution is -0.116. The summed E-state index contributed by atoms with van der Waals surface area (Å²) in [6.07, 6.45) is 2.58. The number of nitrogens with zero attached hydrogens (tertiary/aromatic N) is 5. The van der Waals surface area contributed by atoms with E-state index in [0.29, 0.717) is 28.9 Å². The van der Waals surface area contributed by atoms with Gasteiger partial charge in [0.1, 0.15) is 0 Å². The zero-order chi connectivity index (χ0) is 22.8. The molecule has 0 saturated carbocycles. The van der Waals surface area contributed by atoms with Crippen LogP contribution in [0.3, 0.4) is 0 Å². The smallest absolute Gasteiger partial charge is 0.237 e. The van der Waals surface area contributed by atoms with Gasteiger partial charge in [0.15, 0.2) is 22.4 Å². The normalized spacial score (nSPS) is 11.3. The Morgan fingerprint density at radius 3 is 2.58 bits per heavy atom. The molecule has 7 nitrogen and oxygen atoms in total. The molecular formula is C25H23N5O2S. The van der Waals surface area contributed by atoms with E-state index in [1.54, 1.807) is 11.2 Å². The van der Waals surface area contributed by atoms with E-state index in [2.05, 4.69) is 29.3 Å². The minimum atomic E-state index is 0.0109. The average molecular weight is 458 g/mol. The van der Waals surface area contributed by atoms with Crippen molar-refractivity contribution in [3.63, 3.8) is 0 Å². The third-order valence-electron chi connectivity index (χ3n) is 5.56. The van der Waals surface area contributed by atoms with Crippen LogP contribution in [0.1, 0.15) is 19.4 Å². The van der Waals surface area contributed by atoms with E-state index in [9.17, 15) is 4.79 Å². The fourth-order valence-electron chi connectivity index (χ4n) is 3.84. The first kappa shape index (κ1) is 21.2. The van der Waals surface area contributed by atoms with Crippen LogP contribution in [0.15, 0.2) is 76.5 Å². The molecule has 0 fully saturated rings. The Bertz CT molecular complexity index is 1410. The molecule has 1 amide bonds. The minimum Gasteiger partial charge on any atom is -0.461 e. The van der Waals surface area contributed by atoms with Crippen molar-refractivity contribution < 1.29 is 9.21 Å². The molecule has 0 bridgehead atoms. The molecule has 2 aromatic carbocycles. The second kappa shape index (κ2) is 9.07. The number of carbonyl (C=O) groups excluding carboxylic acids is 1. The lowest BCUT2D eigenvalue weighted by Gasteiger charge is -2.21. The highest BCUT2D eigenvalue weighted by molar-refractivity contribution is 7.99. The Hall–Kier alpha value is -3.65. The number of aryl methyl sites for hydroxylation is 1. The van der Waals surface area contributed by atoms with E-state index in [4.69, 9.17) is 9.40 Å². The highest BCUT2D eigenvalue weighted by Gasteiger charge is 2.20. The number of carbonyl (C=O) groups is 1. The maximum Gasteiger partial charge on any atom is 0.237 e. The SMILES string of the molecule is CCc1ccc(N(CC)C(=O)CSc2nnc3c4ccccc4nc(-c4ccco4)n23)cc1. The summed E-state index contributed by atoms with van der Waals surface area (Å²) < 4.78 is 7.50. The van der Waals surface area contributed by atoms with Crippen LogP contribution in [0.2, 0.25) is 0 Å². The number of rotatable bonds is 7. The number of para-hydroxylation sites is 1. The molecule has 0 unspecified atom stereocenters. The molecule has 33 heavy (non-hydrogen) atoms. The van der Waals surface area contributed by atoms with Gasteiger partial charge in [0.2, 0.25) is 5.91 Å². The van der Waals surface area contributed by atoms with Crippen molar-refractivity contribution in [3.05, 3.63) is 72.5 Å². The van der Waals surface area contributed by atoms with Gasteiger partial charge in [0, 0.05) is 17.6 Å². The van der Waals surface area contributed by atoms with Crippen LogP contribution in [0, 0.1) is 0 Å². The average Bonchev–Trinajstić information content (AvgIpc) is 3.54. The molecule has 5 rings (SSSR count). The molecule has 0 radical (unpaired) electrons. The molecule has 0 spiro atoms. The van der Waals surface area contributed by atoms with Crippen LogP contribution in [0.5, 0.6) is 0 Å². The molecule has 5 aromatic rings. The van der Waals surface area contributed by atoms with E-state index < -0.39 is 0 Å². The van der Waals surface area contributed by atoms with E-state index in [1.807, 2.05) is 59.9 Å². The number of aromatic nitrogens is 4. The molecule has 0 aliphatic carbocycles. The maximum absolute atomic E-state index is 13.1. The second-order valence-electron chi connectivity index (χ2n) is 7.52. The van der Waals surface area contributed by atoms with Gasteiger partial charge in [0.05, 0.1) is 17.5 Å². The predicted octanol–water partition coefficient (Wildman–Crippen LogP) is 5.25. The lowest BCUT2D eigenvalue weighted by Crippen LogP contribution is -2.32. The number of hydrogen-bond acceptors (Lipinski definition) is 6. The van der Waals surface area contributed by atoms with Crippen molar-refractivity contribution in [1.82, 2.24) is 19.6 Å². The lowest BCUT2D eigenvalue weighted by atomic mass is 10.1. The van der Waals surface area contributed by atoms with E-state index in [1.165, 1.54) is 17.3 Å². The summed E-state index contributed by atoms with van der Waals surface area (Å²) in [6, 6.07) is 19.6. The van der Waals surface area contributed by atoms with Gasteiger partial charge < -0.3 is 9.32 Å². The third-order valence-corrected chi connectivity index (χ3v) is 6.47. The molecule has 0 saturated heterocycles. The van der Waals surface area contributed by atoms with Gasteiger partial charge in [-0.2, -0.15) is 0 Å². The largest absolute Gasteiger partial charge is 0.461 e. The number of anilines is 1. The topological polar surface area (TPSA) is 76.5 Å². The minimum absolute atomic E-state index is 0.0109. The van der Waals surface area contributed by atoms with Crippen molar-refractivity contribution in [2.75, 3.05) is 17.2 Å². The standard InChI is InChI=1S/C25H23N5O2S/c1-3-17-11-13-18(14-12-17)29(4-2)22(31)16-33-25-28-27-23-19-8-5-6-9-20(19)26-24(30(23)25)21-10-7-15-32-21/h5-15H,3-4,16H2,1-2H3. The Labute approximate surface area is 195 Å². The van der Waals surface area contributed by atoms with Crippen molar-refractivity contribution in [2.24, 2.45) is 0 Å². The Morgan fingerprint density at radius 2 is 1.85 bits per heavy atom. The Morgan fingerprint density at radius 1 is 1.03 bits per heavy atom. The Kier molecular flexibility index (Phi) is 5.83. The number of thioether (sulfide) groups is 1. The number of benzene rings is 2. The fourth-order valence-corrected chi connectivity index (χ4v) is 4.65. The highest BCUT2D eigenvalue weighted by Crippen LogP contribution is 2.29. The summed E-state index contributed by atoms with van der Waals surface area (Å²) in [4.78, 5) is 19.7. The zero-order valence-corrected chi connectivity index (χ0v) is 19.2. The summed E-state index contributed by atoms with van der Waals surface area (Å²) in [5.74, 6) is 1.46. The van der Waals surface area contributed by atoms with Crippen molar-refractivity contribution >= 4 is 39.9 Å². The second-order valence-corrected chi connectivity index (χ2v) is 8.46. The van der Waals surface area contributed by atoms with Gasteiger partial charge in [-0.15, -0.1) is 10.2 Å². The summed E-state index contributed by atoms with van der Waals surface area (Å²) in [6.45, 7) is 4.69. The van der Waals surface area contributed by atoms with E-state index in [-0.39, 0.29) is 11.7 Å². The number of fused-ring (bicyclic) bond motifs is 3. The number of furan rings is 1. The van der Waals surface area contributed by atoms with Gasteiger partial charge >= 0.3 is 0 Å². The van der Waals surface area contributed by atoms with Gasteiger partial charge in [-0.1, -0.05) is 43.0 Å². The molecule has 3 aromatic heterocycles. The van der Waals surface area contributed by atoms with Crippen LogP contribution >= 0.6 is 11.8 Å². The van der Waals surface area contributed by atoms with Gasteiger partial charge in [-0.25, -0.2) is 4.98 Å². The summed E-state index contributed by atoms with van der Waals surface area (Å²) >= 11 is 1.35. The van der Waals surface area contributed by atoms with Crippen LogP contribution < -0.4 is 4.90 Å². The third kappa shape index (κ3) is 3.98. The van der Waals surface area contributed by atoms with Crippen LogP contribution in [-0.4, -0.2) is 37.8 Å². The molecule has 8 heteroatoms. The quantitative estimate of drug-likeness (QED) is 0.311. The predicted molar refractivity (Wildman–Crippen MR) is 131 cm³/mol. The van der Waals surface area contributed by atoms with E-state index >= 15 is 0 Å². The summed E-state index contributed by atoms with van der Waals surface area (Å²) in [7, 11) is 0. The van der Waals surface area contributed by atoms with Crippen molar-refractivity contribution in [1.29, 1.82) is 0 Å². The fraction of sp³-hybridized carbons (Fsp3) is 0.200. The van der Waals surface area contributed by atoms with Gasteiger partial charge in [0.25, 0.3) is 0 Å². The van der Waals surface area contributed by atoms with Gasteiger partial charge in [-0.3, -0.25) is 9.20 Å². The summed E-state index contributed by atoms with van der Waals surface area (Å²) in [5.41, 5.74) is 3.64. The monoisotopic (exact) mass is 457 g/mol. The maximum atomic E-state index is 13.1. The molecule has 166 valence electrons. The molecule has 0 aliphatic heterocycles. The van der Waals surface area contributed by atoms with Crippen LogP contribution in [-0.2, 0) is 11.2 Å². The van der Waals surface area contributed by atoms with Crippen molar-refractivity contribution in [2.45, 2.75) is 25.4 Å². The zero-order valence-electron chi connectivity index (χ0n) is 18.4. The molecular weight excluding hydrogens is 434 g/mol. The van der Waals surface area contributed by atoms with Gasteiger partial charge in [-0.05, 0) is 55.3 Å². The first-order valence-electron chi connectivity index (χ1n) is 10.9.